The molecule has 0 spiro atoms. The summed E-state index contributed by atoms with van der Waals surface area (Å²) < 4.78 is 2.05. The number of rotatable bonds is 7. The van der Waals surface area contributed by atoms with Gasteiger partial charge in [0.05, 0.1) is 18.2 Å². The zero-order chi connectivity index (χ0) is 19.5. The Morgan fingerprint density at radius 2 is 2.14 bits per heavy atom. The van der Waals surface area contributed by atoms with E-state index in [-0.39, 0.29) is 11.8 Å². The smallest absolute Gasteiger partial charge is 0.227 e. The maximum Gasteiger partial charge on any atom is 0.227 e. The topological polar surface area (TPSA) is 54.3 Å². The van der Waals surface area contributed by atoms with E-state index in [1.54, 1.807) is 6.08 Å². The second-order valence-corrected chi connectivity index (χ2v) is 9.19. The van der Waals surface area contributed by atoms with E-state index in [4.69, 9.17) is 0 Å². The third-order valence-corrected chi connectivity index (χ3v) is 7.18. The SMILES string of the molecule is C=CCN(C)C(=O)[C@H]1CN2CC[C@H]1C[C@@H]2Cn1cc(CC2CCCCC2)nn1. The first-order chi connectivity index (χ1) is 13.6. The molecule has 1 amide bonds. The number of likely N-dealkylation sites (N-methyl/N-ethyl adjacent to an activating group) is 1. The van der Waals surface area contributed by atoms with E-state index in [1.807, 2.05) is 16.6 Å². The second kappa shape index (κ2) is 8.76. The fourth-order valence-corrected chi connectivity index (χ4v) is 5.60. The van der Waals surface area contributed by atoms with Gasteiger partial charge in [-0.15, -0.1) is 11.7 Å². The largest absolute Gasteiger partial charge is 0.342 e. The predicted octanol–water partition coefficient (Wildman–Crippen LogP) is 2.76. The summed E-state index contributed by atoms with van der Waals surface area (Å²) >= 11 is 0. The third kappa shape index (κ3) is 4.32. The molecule has 4 heterocycles. The monoisotopic (exact) mass is 385 g/mol. The maximum atomic E-state index is 12.8. The first kappa shape index (κ1) is 19.6. The number of fused-ring (bicyclic) bond motifs is 3. The number of piperidine rings is 3. The molecule has 3 saturated heterocycles. The molecule has 4 atom stereocenters. The predicted molar refractivity (Wildman–Crippen MR) is 110 cm³/mol. The van der Waals surface area contributed by atoms with E-state index >= 15 is 0 Å². The standard InChI is InChI=1S/C22H35N5O/c1-3-10-25(2)22(28)21-16-26-11-9-18(21)13-20(26)15-27-14-19(23-24-27)12-17-7-5-4-6-8-17/h3,14,17-18,20-21H,1,4-13,15-16H2,2H3/t18-,20+,21-/m0/s1. The van der Waals surface area contributed by atoms with Crippen LogP contribution >= 0.6 is 0 Å². The molecule has 6 nitrogen and oxygen atoms in total. The van der Waals surface area contributed by atoms with Crippen molar-refractivity contribution in [2.24, 2.45) is 17.8 Å². The van der Waals surface area contributed by atoms with Crippen LogP contribution in [0.3, 0.4) is 0 Å². The quantitative estimate of drug-likeness (QED) is 0.677. The van der Waals surface area contributed by atoms with Gasteiger partial charge in [-0.2, -0.15) is 0 Å². The van der Waals surface area contributed by atoms with Gasteiger partial charge < -0.3 is 4.90 Å². The van der Waals surface area contributed by atoms with Crippen molar-refractivity contribution in [3.63, 3.8) is 0 Å². The molecular weight excluding hydrogens is 350 g/mol. The number of carbonyl (C=O) groups is 1. The van der Waals surface area contributed by atoms with Crippen molar-refractivity contribution in [3.8, 4) is 0 Å². The Labute approximate surface area is 168 Å². The lowest BCUT2D eigenvalue weighted by atomic mass is 9.75. The van der Waals surface area contributed by atoms with Crippen molar-refractivity contribution >= 4 is 5.91 Å². The zero-order valence-corrected chi connectivity index (χ0v) is 17.3. The van der Waals surface area contributed by atoms with Crippen molar-refractivity contribution in [2.75, 3.05) is 26.7 Å². The summed E-state index contributed by atoms with van der Waals surface area (Å²) in [5.74, 6) is 1.73. The van der Waals surface area contributed by atoms with E-state index in [0.717, 1.165) is 50.5 Å². The molecule has 3 aliphatic heterocycles. The van der Waals surface area contributed by atoms with Crippen LogP contribution in [0.2, 0.25) is 0 Å². The Morgan fingerprint density at radius 1 is 1.32 bits per heavy atom. The molecule has 6 heteroatoms. The highest BCUT2D eigenvalue weighted by Crippen LogP contribution is 2.37. The lowest BCUT2D eigenvalue weighted by molar-refractivity contribution is -0.142. The van der Waals surface area contributed by atoms with Crippen molar-refractivity contribution in [1.29, 1.82) is 0 Å². The van der Waals surface area contributed by atoms with Gasteiger partial charge in [-0.1, -0.05) is 43.4 Å². The molecule has 4 fully saturated rings. The minimum Gasteiger partial charge on any atom is -0.342 e. The maximum absolute atomic E-state index is 12.8. The number of carbonyl (C=O) groups excluding carboxylic acids is 1. The molecule has 1 saturated carbocycles. The van der Waals surface area contributed by atoms with Crippen LogP contribution in [-0.4, -0.2) is 63.4 Å². The van der Waals surface area contributed by atoms with Crippen LogP contribution in [0.5, 0.6) is 0 Å². The third-order valence-electron chi connectivity index (χ3n) is 7.18. The number of nitrogens with zero attached hydrogens (tertiary/aromatic N) is 5. The summed E-state index contributed by atoms with van der Waals surface area (Å²) in [4.78, 5) is 17.1. The van der Waals surface area contributed by atoms with Gasteiger partial charge in [0, 0.05) is 32.4 Å². The lowest BCUT2D eigenvalue weighted by Crippen LogP contribution is -2.58. The van der Waals surface area contributed by atoms with Crippen molar-refractivity contribution in [2.45, 2.75) is 64.0 Å². The molecule has 1 unspecified atom stereocenters. The highest BCUT2D eigenvalue weighted by atomic mass is 16.2. The number of amides is 1. The van der Waals surface area contributed by atoms with Crippen LogP contribution in [0.4, 0.5) is 0 Å². The van der Waals surface area contributed by atoms with E-state index < -0.39 is 0 Å². The van der Waals surface area contributed by atoms with Crippen LogP contribution < -0.4 is 0 Å². The molecule has 0 radical (unpaired) electrons. The van der Waals surface area contributed by atoms with Gasteiger partial charge in [0.15, 0.2) is 0 Å². The fraction of sp³-hybridized carbons (Fsp3) is 0.773. The summed E-state index contributed by atoms with van der Waals surface area (Å²) in [6, 6.07) is 0.483. The molecule has 1 aromatic heterocycles. The highest BCUT2D eigenvalue weighted by Gasteiger charge is 2.44. The Kier molecular flexibility index (Phi) is 6.14. The summed E-state index contributed by atoms with van der Waals surface area (Å²) in [5, 5.41) is 8.87. The van der Waals surface area contributed by atoms with Crippen molar-refractivity contribution in [3.05, 3.63) is 24.5 Å². The van der Waals surface area contributed by atoms with Crippen LogP contribution in [0.1, 0.15) is 50.6 Å². The second-order valence-electron chi connectivity index (χ2n) is 9.19. The minimum absolute atomic E-state index is 0.146. The molecule has 28 heavy (non-hydrogen) atoms. The summed E-state index contributed by atoms with van der Waals surface area (Å²) in [6.07, 6.45) is 14.1. The first-order valence-electron chi connectivity index (χ1n) is 11.1. The Morgan fingerprint density at radius 3 is 2.86 bits per heavy atom. The summed E-state index contributed by atoms with van der Waals surface area (Å²) in [5.41, 5.74) is 1.15. The van der Waals surface area contributed by atoms with Gasteiger partial charge in [-0.05, 0) is 37.6 Å². The fourth-order valence-electron chi connectivity index (χ4n) is 5.60. The van der Waals surface area contributed by atoms with E-state index in [2.05, 4.69) is 28.0 Å². The van der Waals surface area contributed by atoms with E-state index in [0.29, 0.717) is 18.5 Å². The number of hydrogen-bond donors (Lipinski definition) is 0. The van der Waals surface area contributed by atoms with E-state index in [9.17, 15) is 4.79 Å². The lowest BCUT2D eigenvalue weighted by Gasteiger charge is -2.49. The van der Waals surface area contributed by atoms with Crippen LogP contribution in [0.25, 0.3) is 0 Å². The Hall–Kier alpha value is -1.69. The molecule has 2 bridgehead atoms. The average molecular weight is 386 g/mol. The normalized spacial score (nSPS) is 30.3. The molecule has 0 N–H and O–H groups in total. The van der Waals surface area contributed by atoms with Gasteiger partial charge in [-0.3, -0.25) is 14.4 Å². The molecule has 0 aromatic carbocycles. The average Bonchev–Trinajstić information content (AvgIpc) is 3.15. The molecule has 154 valence electrons. The zero-order valence-electron chi connectivity index (χ0n) is 17.3. The van der Waals surface area contributed by atoms with Crippen molar-refractivity contribution < 1.29 is 4.79 Å². The van der Waals surface area contributed by atoms with Gasteiger partial charge in [0.25, 0.3) is 0 Å². The van der Waals surface area contributed by atoms with Crippen LogP contribution in [0, 0.1) is 17.8 Å². The van der Waals surface area contributed by atoms with Crippen molar-refractivity contribution in [1.82, 2.24) is 24.8 Å². The van der Waals surface area contributed by atoms with Crippen LogP contribution in [-0.2, 0) is 17.8 Å². The van der Waals surface area contributed by atoms with Gasteiger partial charge in [0.1, 0.15) is 0 Å². The Bertz CT molecular complexity index is 680. The van der Waals surface area contributed by atoms with Gasteiger partial charge >= 0.3 is 0 Å². The molecule has 4 aliphatic rings. The van der Waals surface area contributed by atoms with E-state index in [1.165, 1.54) is 32.1 Å². The summed E-state index contributed by atoms with van der Waals surface area (Å²) in [6.45, 7) is 7.28. The highest BCUT2D eigenvalue weighted by molar-refractivity contribution is 5.79. The summed E-state index contributed by atoms with van der Waals surface area (Å²) in [7, 11) is 1.89. The Balaban J connectivity index is 1.32. The first-order valence-corrected chi connectivity index (χ1v) is 11.1. The minimum atomic E-state index is 0.146. The molecule has 5 rings (SSSR count). The number of hydrogen-bond acceptors (Lipinski definition) is 4. The van der Waals surface area contributed by atoms with Gasteiger partial charge in [-0.25, -0.2) is 0 Å². The van der Waals surface area contributed by atoms with Gasteiger partial charge in [0.2, 0.25) is 5.91 Å². The number of aromatic nitrogens is 3. The van der Waals surface area contributed by atoms with Crippen LogP contribution in [0.15, 0.2) is 18.9 Å². The molecule has 1 aromatic rings. The molecular formula is C22H35N5O. The molecule has 1 aliphatic carbocycles.